The summed E-state index contributed by atoms with van der Waals surface area (Å²) in [6, 6.07) is 14.7. The number of carbonyl (C=O) groups is 2. The monoisotopic (exact) mass is 433 g/mol. The molecule has 0 spiro atoms. The quantitative estimate of drug-likeness (QED) is 0.568. The lowest BCUT2D eigenvalue weighted by Crippen LogP contribution is -2.47. The number of rotatable bonds is 8. The number of hydrogen-bond acceptors (Lipinski definition) is 5. The van der Waals surface area contributed by atoms with Crippen LogP contribution in [0.15, 0.2) is 48.5 Å². The van der Waals surface area contributed by atoms with Gasteiger partial charge in [0.15, 0.2) is 0 Å². The molecule has 2 amide bonds. The normalized spacial score (nSPS) is 13.9. The van der Waals surface area contributed by atoms with Crippen LogP contribution in [0.25, 0.3) is 0 Å². The Morgan fingerprint density at radius 3 is 2.59 bits per heavy atom. The number of carbonyl (C=O) groups excluding carboxylic acids is 2. The fraction of sp³-hybridized carbons (Fsp3) is 0.333. The van der Waals surface area contributed by atoms with Crippen LogP contribution in [0.4, 0.5) is 5.95 Å². The van der Waals surface area contributed by atoms with Gasteiger partial charge in [-0.15, -0.1) is 5.10 Å². The third-order valence-corrected chi connectivity index (χ3v) is 5.66. The van der Waals surface area contributed by atoms with Gasteiger partial charge in [0.05, 0.1) is 7.11 Å². The lowest BCUT2D eigenvalue weighted by atomic mass is 10.0. The summed E-state index contributed by atoms with van der Waals surface area (Å²) in [5.74, 6) is 1.24. The Bertz CT molecular complexity index is 1110. The predicted octanol–water partition coefficient (Wildman–Crippen LogP) is 3.22. The molecule has 1 unspecified atom stereocenters. The number of methoxy groups -OCH3 is 1. The molecule has 0 saturated carbocycles. The van der Waals surface area contributed by atoms with Crippen LogP contribution in [0, 0.1) is 5.92 Å². The van der Waals surface area contributed by atoms with Gasteiger partial charge in [0.25, 0.3) is 5.91 Å². The maximum Gasteiger partial charge on any atom is 0.255 e. The van der Waals surface area contributed by atoms with Crippen molar-refractivity contribution < 1.29 is 14.3 Å². The van der Waals surface area contributed by atoms with Crippen LogP contribution in [-0.4, -0.2) is 45.0 Å². The van der Waals surface area contributed by atoms with Crippen molar-refractivity contribution in [2.75, 3.05) is 12.4 Å². The largest absolute Gasteiger partial charge is 0.497 e. The molecule has 2 aromatic carbocycles. The fourth-order valence-electron chi connectivity index (χ4n) is 4.01. The van der Waals surface area contributed by atoms with Crippen molar-refractivity contribution in [2.24, 2.45) is 5.92 Å². The van der Waals surface area contributed by atoms with Gasteiger partial charge < -0.3 is 9.64 Å². The van der Waals surface area contributed by atoms with Crippen LogP contribution in [0.5, 0.6) is 5.75 Å². The number of nitrogens with zero attached hydrogens (tertiary/aromatic N) is 3. The number of aromatic nitrogens is 3. The smallest absolute Gasteiger partial charge is 0.255 e. The Labute approximate surface area is 187 Å². The molecule has 1 aliphatic heterocycles. The Balaban J connectivity index is 1.39. The number of ether oxygens (including phenoxy) is 1. The minimum Gasteiger partial charge on any atom is -0.497 e. The number of aromatic amines is 1. The second-order valence-electron chi connectivity index (χ2n) is 8.22. The van der Waals surface area contributed by atoms with E-state index in [1.807, 2.05) is 56.3 Å². The summed E-state index contributed by atoms with van der Waals surface area (Å²) in [5, 5.41) is 9.79. The number of fused-ring (bicyclic) bond motifs is 1. The van der Waals surface area contributed by atoms with Crippen LogP contribution in [-0.2, 0) is 24.2 Å². The zero-order valence-electron chi connectivity index (χ0n) is 18.5. The Hall–Kier alpha value is -3.68. The minimum absolute atomic E-state index is 0.0678. The van der Waals surface area contributed by atoms with Crippen molar-refractivity contribution in [3.8, 4) is 5.75 Å². The minimum atomic E-state index is -0.615. The van der Waals surface area contributed by atoms with Crippen LogP contribution >= 0.6 is 0 Å². The molecule has 0 radical (unpaired) electrons. The third kappa shape index (κ3) is 4.49. The van der Waals surface area contributed by atoms with Crippen molar-refractivity contribution in [1.29, 1.82) is 0 Å². The number of H-pyrrole nitrogens is 1. The van der Waals surface area contributed by atoms with Crippen LogP contribution in [0.3, 0.4) is 0 Å². The summed E-state index contributed by atoms with van der Waals surface area (Å²) < 4.78 is 5.18. The van der Waals surface area contributed by atoms with Gasteiger partial charge in [-0.25, -0.2) is 0 Å². The molecular formula is C24H27N5O3. The number of aryl methyl sites for hydroxylation is 2. The van der Waals surface area contributed by atoms with Crippen LogP contribution < -0.4 is 10.1 Å². The lowest BCUT2D eigenvalue weighted by molar-refractivity contribution is -0.122. The average Bonchev–Trinajstić information content (AvgIpc) is 3.37. The van der Waals surface area contributed by atoms with E-state index in [1.165, 1.54) is 0 Å². The molecule has 0 bridgehead atoms. The summed E-state index contributed by atoms with van der Waals surface area (Å²) in [6.45, 7) is 4.28. The first-order valence-corrected chi connectivity index (χ1v) is 10.7. The topological polar surface area (TPSA) is 100 Å². The number of benzene rings is 2. The van der Waals surface area contributed by atoms with E-state index in [4.69, 9.17) is 4.74 Å². The lowest BCUT2D eigenvalue weighted by Gasteiger charge is -2.29. The van der Waals surface area contributed by atoms with E-state index in [1.54, 1.807) is 18.1 Å². The van der Waals surface area contributed by atoms with Gasteiger partial charge >= 0.3 is 0 Å². The molecular weight excluding hydrogens is 406 g/mol. The molecule has 0 aliphatic carbocycles. The van der Waals surface area contributed by atoms with Crippen molar-refractivity contribution in [3.63, 3.8) is 0 Å². The summed E-state index contributed by atoms with van der Waals surface area (Å²) in [5.41, 5.74) is 2.75. The molecule has 3 aromatic rings. The molecule has 4 rings (SSSR count). The van der Waals surface area contributed by atoms with E-state index in [2.05, 4.69) is 20.5 Å². The maximum atomic E-state index is 13.1. The van der Waals surface area contributed by atoms with Gasteiger partial charge in [0, 0.05) is 18.5 Å². The number of nitrogens with one attached hydrogen (secondary N) is 2. The van der Waals surface area contributed by atoms with E-state index in [9.17, 15) is 9.59 Å². The number of hydrogen-bond donors (Lipinski definition) is 2. The zero-order chi connectivity index (χ0) is 22.7. The molecule has 1 aliphatic rings. The predicted molar refractivity (Wildman–Crippen MR) is 120 cm³/mol. The molecule has 2 N–H and O–H groups in total. The molecule has 1 atom stereocenters. The summed E-state index contributed by atoms with van der Waals surface area (Å²) >= 11 is 0. The molecule has 0 saturated heterocycles. The van der Waals surface area contributed by atoms with Gasteiger partial charge in [0.2, 0.25) is 11.9 Å². The Morgan fingerprint density at radius 2 is 1.91 bits per heavy atom. The molecule has 0 fully saturated rings. The standard InChI is InChI=1S/C24H27N5O3/c1-15(2)21(29-14-17-6-4-5-7-19(17)23(29)31)22(30)26-24-25-20(27-28-24)13-10-16-8-11-18(32-3)12-9-16/h4-9,11-12,15,21H,10,13-14H2,1-3H3,(H2,25,26,27,28,30). The Kier molecular flexibility index (Phi) is 6.20. The highest BCUT2D eigenvalue weighted by atomic mass is 16.5. The second-order valence-corrected chi connectivity index (χ2v) is 8.22. The van der Waals surface area contributed by atoms with Gasteiger partial charge in [-0.3, -0.25) is 20.0 Å². The van der Waals surface area contributed by atoms with E-state index < -0.39 is 6.04 Å². The Morgan fingerprint density at radius 1 is 1.16 bits per heavy atom. The van der Waals surface area contributed by atoms with E-state index in [0.717, 1.165) is 23.3 Å². The third-order valence-electron chi connectivity index (χ3n) is 5.66. The number of amides is 2. The highest BCUT2D eigenvalue weighted by molar-refractivity contribution is 6.03. The van der Waals surface area contributed by atoms with E-state index in [-0.39, 0.29) is 23.7 Å². The molecule has 166 valence electrons. The van der Waals surface area contributed by atoms with Crippen molar-refractivity contribution in [3.05, 3.63) is 71.0 Å². The second kappa shape index (κ2) is 9.21. The van der Waals surface area contributed by atoms with Crippen molar-refractivity contribution in [1.82, 2.24) is 20.1 Å². The number of anilines is 1. The molecule has 2 heterocycles. The van der Waals surface area contributed by atoms with Gasteiger partial charge in [-0.2, -0.15) is 4.98 Å². The highest BCUT2D eigenvalue weighted by Crippen LogP contribution is 2.27. The summed E-state index contributed by atoms with van der Waals surface area (Å²) in [4.78, 5) is 32.0. The molecule has 1 aromatic heterocycles. The van der Waals surface area contributed by atoms with Gasteiger partial charge in [-0.1, -0.05) is 44.2 Å². The van der Waals surface area contributed by atoms with E-state index in [0.29, 0.717) is 24.4 Å². The van der Waals surface area contributed by atoms with Crippen LogP contribution in [0.2, 0.25) is 0 Å². The first kappa shape index (κ1) is 21.5. The zero-order valence-corrected chi connectivity index (χ0v) is 18.5. The first-order chi connectivity index (χ1) is 15.5. The van der Waals surface area contributed by atoms with Crippen LogP contribution in [0.1, 0.15) is 41.2 Å². The summed E-state index contributed by atoms with van der Waals surface area (Å²) in [7, 11) is 1.64. The fourth-order valence-corrected chi connectivity index (χ4v) is 4.01. The molecule has 8 heteroatoms. The molecule has 32 heavy (non-hydrogen) atoms. The SMILES string of the molecule is COc1ccc(CCc2nc(NC(=O)C(C(C)C)N3Cc4ccccc4C3=O)n[nH]2)cc1. The average molecular weight is 434 g/mol. The van der Waals surface area contributed by atoms with Gasteiger partial charge in [-0.05, 0) is 41.7 Å². The summed E-state index contributed by atoms with van der Waals surface area (Å²) in [6.07, 6.45) is 1.43. The van der Waals surface area contributed by atoms with Crippen molar-refractivity contribution >= 4 is 17.8 Å². The first-order valence-electron chi connectivity index (χ1n) is 10.7. The molecule has 8 nitrogen and oxygen atoms in total. The highest BCUT2D eigenvalue weighted by Gasteiger charge is 2.38. The van der Waals surface area contributed by atoms with E-state index >= 15 is 0 Å². The van der Waals surface area contributed by atoms with Crippen molar-refractivity contribution in [2.45, 2.75) is 39.3 Å². The van der Waals surface area contributed by atoms with Gasteiger partial charge in [0.1, 0.15) is 17.6 Å². The maximum absolute atomic E-state index is 13.1.